The van der Waals surface area contributed by atoms with Crippen molar-refractivity contribution in [1.29, 1.82) is 0 Å². The van der Waals surface area contributed by atoms with E-state index in [1.54, 1.807) is 27.9 Å². The number of nitrogens with zero attached hydrogens (tertiary/aromatic N) is 2. The fraction of sp³-hybridized carbons (Fsp3) is 0.522. The number of hydrogen-bond acceptors (Lipinski definition) is 6. The summed E-state index contributed by atoms with van der Waals surface area (Å²) in [4.78, 5) is 30.3. The number of amides is 1. The third-order valence-electron chi connectivity index (χ3n) is 5.47. The highest BCUT2D eigenvalue weighted by Crippen LogP contribution is 2.42. The first-order valence-corrected chi connectivity index (χ1v) is 10.5. The SMILES string of the molecule is COc1ccc2c(O[C@@H]3C[C@@H](C(=O)O)N(C(=O)OC(C)(C)C)C3)nc(C3CC3)cc2c1. The zero-order valence-electron chi connectivity index (χ0n) is 18.3. The van der Waals surface area contributed by atoms with Gasteiger partial charge >= 0.3 is 12.1 Å². The van der Waals surface area contributed by atoms with Crippen molar-refractivity contribution < 1.29 is 28.9 Å². The van der Waals surface area contributed by atoms with Crippen LogP contribution in [0.15, 0.2) is 24.3 Å². The number of likely N-dealkylation sites (tertiary alicyclic amines) is 1. The number of fused-ring (bicyclic) bond motifs is 1. The van der Waals surface area contributed by atoms with Crippen LogP contribution in [0.3, 0.4) is 0 Å². The Bertz CT molecular complexity index is 1010. The minimum atomic E-state index is -1.08. The van der Waals surface area contributed by atoms with E-state index in [1.165, 1.54) is 4.90 Å². The lowest BCUT2D eigenvalue weighted by Crippen LogP contribution is -2.43. The number of hydrogen-bond donors (Lipinski definition) is 1. The molecule has 2 atom stereocenters. The summed E-state index contributed by atoms with van der Waals surface area (Å²) in [6.45, 7) is 5.37. The van der Waals surface area contributed by atoms with Gasteiger partial charge in [0, 0.05) is 23.4 Å². The first kappa shape index (κ1) is 21.2. The van der Waals surface area contributed by atoms with Crippen LogP contribution in [-0.2, 0) is 9.53 Å². The molecule has 2 fully saturated rings. The van der Waals surface area contributed by atoms with Crippen molar-refractivity contribution in [2.24, 2.45) is 0 Å². The number of aliphatic carboxylic acids is 1. The van der Waals surface area contributed by atoms with Crippen LogP contribution >= 0.6 is 0 Å². The molecule has 2 aromatic rings. The molecule has 1 aliphatic carbocycles. The maximum Gasteiger partial charge on any atom is 0.411 e. The standard InChI is InChI=1S/C23H28N2O6/c1-23(2,3)31-22(28)25-12-16(11-19(25)21(26)27)30-20-17-8-7-15(29-4)9-14(17)10-18(24-20)13-5-6-13/h7-10,13,16,19H,5-6,11-12H2,1-4H3,(H,26,27)/t16-,19+/m1/s1. The maximum atomic E-state index is 12.6. The summed E-state index contributed by atoms with van der Waals surface area (Å²) in [7, 11) is 1.62. The highest BCUT2D eigenvalue weighted by molar-refractivity contribution is 5.88. The Labute approximate surface area is 181 Å². The molecule has 2 heterocycles. The van der Waals surface area contributed by atoms with Crippen LogP contribution in [-0.4, -0.2) is 58.5 Å². The molecule has 1 saturated heterocycles. The van der Waals surface area contributed by atoms with Crippen molar-refractivity contribution in [3.05, 3.63) is 30.0 Å². The lowest BCUT2D eigenvalue weighted by molar-refractivity contribution is -0.142. The molecule has 8 heteroatoms. The number of rotatable bonds is 5. The fourth-order valence-corrected chi connectivity index (χ4v) is 3.83. The molecular weight excluding hydrogens is 400 g/mol. The quantitative estimate of drug-likeness (QED) is 0.770. The van der Waals surface area contributed by atoms with Gasteiger partial charge in [0.1, 0.15) is 23.5 Å². The zero-order valence-corrected chi connectivity index (χ0v) is 18.3. The monoisotopic (exact) mass is 428 g/mol. The van der Waals surface area contributed by atoms with Gasteiger partial charge in [-0.1, -0.05) is 0 Å². The highest BCUT2D eigenvalue weighted by atomic mass is 16.6. The van der Waals surface area contributed by atoms with Gasteiger partial charge in [-0.15, -0.1) is 0 Å². The first-order chi connectivity index (χ1) is 14.6. The number of carboxylic acid groups (broad SMARTS) is 1. The van der Waals surface area contributed by atoms with Crippen LogP contribution in [0.4, 0.5) is 4.79 Å². The van der Waals surface area contributed by atoms with Crippen LogP contribution in [0.2, 0.25) is 0 Å². The van der Waals surface area contributed by atoms with Crippen molar-refractivity contribution >= 4 is 22.8 Å². The van der Waals surface area contributed by atoms with Crippen LogP contribution in [0.25, 0.3) is 10.8 Å². The fourth-order valence-electron chi connectivity index (χ4n) is 3.83. The summed E-state index contributed by atoms with van der Waals surface area (Å²) in [6, 6.07) is 6.73. The van der Waals surface area contributed by atoms with Gasteiger partial charge in [-0.3, -0.25) is 4.90 Å². The molecule has 31 heavy (non-hydrogen) atoms. The average Bonchev–Trinajstić information content (AvgIpc) is 3.45. The molecule has 8 nitrogen and oxygen atoms in total. The molecule has 0 bridgehead atoms. The average molecular weight is 428 g/mol. The molecule has 0 unspecified atom stereocenters. The van der Waals surface area contributed by atoms with E-state index in [-0.39, 0.29) is 13.0 Å². The zero-order chi connectivity index (χ0) is 22.3. The van der Waals surface area contributed by atoms with Crippen molar-refractivity contribution in [3.63, 3.8) is 0 Å². The Kier molecular flexibility index (Phi) is 5.41. The second-order valence-corrected chi connectivity index (χ2v) is 9.18. The molecule has 2 aliphatic rings. The molecule has 1 amide bonds. The summed E-state index contributed by atoms with van der Waals surface area (Å²) in [6.07, 6.45) is 1.21. The largest absolute Gasteiger partial charge is 0.497 e. The Hall–Kier alpha value is -3.03. The number of ether oxygens (including phenoxy) is 3. The molecule has 1 saturated carbocycles. The van der Waals surface area contributed by atoms with E-state index in [1.807, 2.05) is 18.2 Å². The van der Waals surface area contributed by atoms with E-state index in [9.17, 15) is 14.7 Å². The first-order valence-electron chi connectivity index (χ1n) is 10.5. The van der Waals surface area contributed by atoms with Crippen LogP contribution in [0.5, 0.6) is 11.6 Å². The van der Waals surface area contributed by atoms with Crippen molar-refractivity contribution in [3.8, 4) is 11.6 Å². The minimum Gasteiger partial charge on any atom is -0.497 e. The van der Waals surface area contributed by atoms with Gasteiger partial charge in [-0.05, 0) is 63.3 Å². The molecular formula is C23H28N2O6. The molecule has 4 rings (SSSR count). The molecule has 1 aromatic heterocycles. The topological polar surface area (TPSA) is 98.2 Å². The van der Waals surface area contributed by atoms with Gasteiger partial charge in [0.25, 0.3) is 0 Å². The highest BCUT2D eigenvalue weighted by Gasteiger charge is 2.43. The number of benzene rings is 1. The van der Waals surface area contributed by atoms with Crippen molar-refractivity contribution in [2.45, 2.75) is 63.7 Å². The summed E-state index contributed by atoms with van der Waals surface area (Å²) < 4.78 is 16.9. The van der Waals surface area contributed by atoms with Crippen LogP contribution in [0.1, 0.15) is 51.6 Å². The molecule has 1 aliphatic heterocycles. The normalized spacial score (nSPS) is 21.2. The Balaban J connectivity index is 1.61. The van der Waals surface area contributed by atoms with Gasteiger partial charge in [-0.2, -0.15) is 0 Å². The molecule has 0 radical (unpaired) electrons. The van der Waals surface area contributed by atoms with Gasteiger partial charge in [0.2, 0.25) is 5.88 Å². The number of methoxy groups -OCH3 is 1. The van der Waals surface area contributed by atoms with Gasteiger partial charge in [-0.25, -0.2) is 14.6 Å². The van der Waals surface area contributed by atoms with E-state index >= 15 is 0 Å². The van der Waals surface area contributed by atoms with Gasteiger partial charge in [0.15, 0.2) is 0 Å². The number of carbonyl (C=O) groups is 2. The predicted octanol–water partition coefficient (Wildman–Crippen LogP) is 3.96. The van der Waals surface area contributed by atoms with Crippen molar-refractivity contribution in [1.82, 2.24) is 9.88 Å². The smallest absolute Gasteiger partial charge is 0.411 e. The molecule has 1 aromatic carbocycles. The maximum absolute atomic E-state index is 12.6. The Morgan fingerprint density at radius 2 is 1.94 bits per heavy atom. The van der Waals surface area contributed by atoms with E-state index in [2.05, 4.69) is 6.07 Å². The summed E-state index contributed by atoms with van der Waals surface area (Å²) in [5.74, 6) is 0.550. The van der Waals surface area contributed by atoms with Crippen molar-refractivity contribution in [2.75, 3.05) is 13.7 Å². The summed E-state index contributed by atoms with van der Waals surface area (Å²) in [5, 5.41) is 11.4. The lowest BCUT2D eigenvalue weighted by Gasteiger charge is -2.26. The van der Waals surface area contributed by atoms with E-state index in [0.717, 1.165) is 35.1 Å². The number of carbonyl (C=O) groups excluding carboxylic acids is 1. The number of aromatic nitrogens is 1. The molecule has 0 spiro atoms. The second-order valence-electron chi connectivity index (χ2n) is 9.18. The third kappa shape index (κ3) is 4.68. The van der Waals surface area contributed by atoms with Crippen LogP contribution < -0.4 is 9.47 Å². The van der Waals surface area contributed by atoms with Crippen LogP contribution in [0, 0.1) is 0 Å². The minimum absolute atomic E-state index is 0.124. The van der Waals surface area contributed by atoms with E-state index < -0.39 is 29.8 Å². The van der Waals surface area contributed by atoms with E-state index in [4.69, 9.17) is 19.2 Å². The number of pyridine rings is 1. The predicted molar refractivity (Wildman–Crippen MR) is 114 cm³/mol. The number of carboxylic acids is 1. The van der Waals surface area contributed by atoms with Gasteiger partial charge in [0.05, 0.1) is 13.7 Å². The Morgan fingerprint density at radius 1 is 1.19 bits per heavy atom. The molecule has 1 N–H and O–H groups in total. The third-order valence-corrected chi connectivity index (χ3v) is 5.47. The summed E-state index contributed by atoms with van der Waals surface area (Å²) in [5.41, 5.74) is 0.252. The van der Waals surface area contributed by atoms with Gasteiger partial charge < -0.3 is 19.3 Å². The molecule has 166 valence electrons. The second kappa shape index (κ2) is 7.90. The van der Waals surface area contributed by atoms with E-state index in [0.29, 0.717) is 11.8 Å². The lowest BCUT2D eigenvalue weighted by atomic mass is 10.1. The summed E-state index contributed by atoms with van der Waals surface area (Å²) >= 11 is 0. The Morgan fingerprint density at radius 3 is 2.55 bits per heavy atom.